The molecule has 4 nitrogen and oxygen atoms in total. The molecule has 1 aliphatic rings. The first-order valence-corrected chi connectivity index (χ1v) is 8.69. The fourth-order valence-electron chi connectivity index (χ4n) is 1.86. The van der Waals surface area contributed by atoms with Crippen molar-refractivity contribution in [3.05, 3.63) is 53.0 Å². The second kappa shape index (κ2) is 5.79. The number of halogens is 1. The lowest BCUT2D eigenvalue weighted by Crippen LogP contribution is -2.06. The Hall–Kier alpha value is -1.37. The van der Waals surface area contributed by atoms with Crippen LogP contribution in [-0.4, -0.2) is 27.7 Å². The summed E-state index contributed by atoms with van der Waals surface area (Å²) in [6.45, 7) is 1.14. The molecule has 0 N–H and O–H groups in total. The van der Waals surface area contributed by atoms with Gasteiger partial charge in [0.2, 0.25) is 9.84 Å². The van der Waals surface area contributed by atoms with Crippen molar-refractivity contribution >= 4 is 25.8 Å². The van der Waals surface area contributed by atoms with Gasteiger partial charge in [0.1, 0.15) is 18.5 Å². The first kappa shape index (κ1) is 14.6. The third-order valence-corrected chi connectivity index (χ3v) is 5.85. The Morgan fingerprint density at radius 2 is 1.90 bits per heavy atom. The van der Waals surface area contributed by atoms with Crippen LogP contribution in [0.2, 0.25) is 0 Å². The van der Waals surface area contributed by atoms with Gasteiger partial charge in [-0.1, -0.05) is 18.2 Å². The second-order valence-electron chi connectivity index (χ2n) is 4.68. The Balaban J connectivity index is 1.94. The number of ether oxygens (including phenoxy) is 2. The van der Waals surface area contributed by atoms with E-state index in [2.05, 4.69) is 15.9 Å². The average molecular weight is 369 g/mol. The second-order valence-corrected chi connectivity index (χ2v) is 7.45. The molecule has 21 heavy (non-hydrogen) atoms. The largest absolute Gasteiger partial charge is 0.491 e. The van der Waals surface area contributed by atoms with Gasteiger partial charge >= 0.3 is 0 Å². The summed E-state index contributed by atoms with van der Waals surface area (Å²) in [4.78, 5) is 0.455. The van der Waals surface area contributed by atoms with Crippen LogP contribution in [0.5, 0.6) is 5.75 Å². The van der Waals surface area contributed by atoms with Gasteiger partial charge in [-0.05, 0) is 40.2 Å². The number of epoxide rings is 1. The number of sulfone groups is 1. The molecule has 0 aromatic heterocycles. The summed E-state index contributed by atoms with van der Waals surface area (Å²) in [7, 11) is -3.57. The zero-order valence-electron chi connectivity index (χ0n) is 11.0. The normalized spacial score (nSPS) is 17.5. The van der Waals surface area contributed by atoms with Gasteiger partial charge in [-0.15, -0.1) is 0 Å². The minimum atomic E-state index is -3.57. The molecule has 1 atom stereocenters. The molecule has 1 fully saturated rings. The molecule has 1 aliphatic heterocycles. The van der Waals surface area contributed by atoms with E-state index in [1.807, 2.05) is 0 Å². The highest BCUT2D eigenvalue weighted by molar-refractivity contribution is 9.10. The molecule has 1 heterocycles. The third kappa shape index (κ3) is 3.28. The number of hydrogen-bond donors (Lipinski definition) is 0. The molecule has 2 aromatic carbocycles. The molecular formula is C15H13BrO4S. The van der Waals surface area contributed by atoms with Crippen molar-refractivity contribution in [3.8, 4) is 5.75 Å². The van der Waals surface area contributed by atoms with Crippen molar-refractivity contribution in [2.24, 2.45) is 0 Å². The van der Waals surface area contributed by atoms with Gasteiger partial charge in [-0.2, -0.15) is 0 Å². The summed E-state index contributed by atoms with van der Waals surface area (Å²) >= 11 is 3.30. The van der Waals surface area contributed by atoms with Crippen molar-refractivity contribution in [2.45, 2.75) is 15.9 Å². The van der Waals surface area contributed by atoms with E-state index in [0.717, 1.165) is 0 Å². The fraction of sp³-hybridized carbons (Fsp3) is 0.200. The summed E-state index contributed by atoms with van der Waals surface area (Å²) in [6, 6.07) is 13.3. The smallest absolute Gasteiger partial charge is 0.207 e. The standard InChI is InChI=1S/C15H13BrO4S/c16-14-7-6-11(19-9-12-10-20-12)8-15(14)21(17,18)13-4-2-1-3-5-13/h1-8,12H,9-10H2. The average Bonchev–Trinajstić information content (AvgIpc) is 3.31. The first-order chi connectivity index (χ1) is 10.1. The highest BCUT2D eigenvalue weighted by atomic mass is 79.9. The van der Waals surface area contributed by atoms with Gasteiger partial charge in [0.15, 0.2) is 0 Å². The van der Waals surface area contributed by atoms with E-state index >= 15 is 0 Å². The molecule has 1 saturated heterocycles. The van der Waals surface area contributed by atoms with E-state index in [1.165, 1.54) is 6.07 Å². The Kier molecular flexibility index (Phi) is 4.01. The van der Waals surface area contributed by atoms with Crippen LogP contribution < -0.4 is 4.74 Å². The molecule has 1 unspecified atom stereocenters. The van der Waals surface area contributed by atoms with Crippen LogP contribution in [0, 0.1) is 0 Å². The molecular weight excluding hydrogens is 356 g/mol. The molecule has 0 spiro atoms. The quantitative estimate of drug-likeness (QED) is 0.761. The van der Waals surface area contributed by atoms with Gasteiger partial charge in [0, 0.05) is 10.5 Å². The molecule has 0 bridgehead atoms. The predicted molar refractivity (Wildman–Crippen MR) is 81.3 cm³/mol. The summed E-state index contributed by atoms with van der Waals surface area (Å²) < 4.78 is 36.4. The van der Waals surface area contributed by atoms with Crippen LogP contribution in [0.25, 0.3) is 0 Å². The molecule has 3 rings (SSSR count). The number of hydrogen-bond acceptors (Lipinski definition) is 4. The maximum Gasteiger partial charge on any atom is 0.207 e. The highest BCUT2D eigenvalue weighted by Gasteiger charge is 2.24. The zero-order chi connectivity index (χ0) is 14.9. The molecule has 0 saturated carbocycles. The topological polar surface area (TPSA) is 55.9 Å². The van der Waals surface area contributed by atoms with Crippen LogP contribution in [0.15, 0.2) is 62.8 Å². The van der Waals surface area contributed by atoms with Crippen molar-refractivity contribution in [2.75, 3.05) is 13.2 Å². The summed E-state index contributed by atoms with van der Waals surface area (Å²) in [5, 5.41) is 0. The Labute approximate surface area is 131 Å². The predicted octanol–water partition coefficient (Wildman–Crippen LogP) is 3.06. The molecule has 6 heteroatoms. The van der Waals surface area contributed by atoms with E-state index in [1.54, 1.807) is 42.5 Å². The maximum absolute atomic E-state index is 12.6. The van der Waals surface area contributed by atoms with E-state index in [9.17, 15) is 8.42 Å². The van der Waals surface area contributed by atoms with Gasteiger partial charge < -0.3 is 9.47 Å². The van der Waals surface area contributed by atoms with Crippen molar-refractivity contribution in [1.29, 1.82) is 0 Å². The Morgan fingerprint density at radius 3 is 2.57 bits per heavy atom. The van der Waals surface area contributed by atoms with Crippen molar-refractivity contribution in [3.63, 3.8) is 0 Å². The summed E-state index contributed by atoms with van der Waals surface area (Å²) in [6.07, 6.45) is 0.128. The summed E-state index contributed by atoms with van der Waals surface area (Å²) in [5.74, 6) is 0.517. The van der Waals surface area contributed by atoms with Crippen LogP contribution >= 0.6 is 15.9 Å². The maximum atomic E-state index is 12.6. The van der Waals surface area contributed by atoms with Crippen molar-refractivity contribution in [1.82, 2.24) is 0 Å². The highest BCUT2D eigenvalue weighted by Crippen LogP contribution is 2.31. The van der Waals surface area contributed by atoms with Crippen LogP contribution in [0.1, 0.15) is 0 Å². The lowest BCUT2D eigenvalue weighted by molar-refractivity contribution is 0.262. The molecule has 2 aromatic rings. The minimum Gasteiger partial charge on any atom is -0.491 e. The third-order valence-electron chi connectivity index (χ3n) is 3.08. The first-order valence-electron chi connectivity index (χ1n) is 6.41. The monoisotopic (exact) mass is 368 g/mol. The Morgan fingerprint density at radius 1 is 1.19 bits per heavy atom. The van der Waals surface area contributed by atoms with Gasteiger partial charge in [0.25, 0.3) is 0 Å². The number of benzene rings is 2. The number of rotatable bonds is 5. The SMILES string of the molecule is O=S(=O)(c1ccccc1)c1cc(OCC2CO2)ccc1Br. The van der Waals surface area contributed by atoms with Gasteiger partial charge in [-0.25, -0.2) is 8.42 Å². The lowest BCUT2D eigenvalue weighted by Gasteiger charge is -2.10. The van der Waals surface area contributed by atoms with Crippen LogP contribution in [0.3, 0.4) is 0 Å². The Bertz CT molecular complexity index is 740. The van der Waals surface area contributed by atoms with Crippen LogP contribution in [0.4, 0.5) is 0 Å². The minimum absolute atomic E-state index is 0.128. The fourth-order valence-corrected chi connectivity index (χ4v) is 4.11. The molecule has 110 valence electrons. The van der Waals surface area contributed by atoms with E-state index < -0.39 is 9.84 Å². The van der Waals surface area contributed by atoms with E-state index in [-0.39, 0.29) is 15.9 Å². The van der Waals surface area contributed by atoms with Gasteiger partial charge in [0.05, 0.1) is 16.4 Å². The van der Waals surface area contributed by atoms with Crippen molar-refractivity contribution < 1.29 is 17.9 Å². The van der Waals surface area contributed by atoms with Gasteiger partial charge in [-0.3, -0.25) is 0 Å². The van der Waals surface area contributed by atoms with E-state index in [4.69, 9.17) is 9.47 Å². The zero-order valence-corrected chi connectivity index (χ0v) is 13.4. The summed E-state index contributed by atoms with van der Waals surface area (Å²) in [5.41, 5.74) is 0. The molecule has 0 amide bonds. The lowest BCUT2D eigenvalue weighted by atomic mass is 10.3. The molecule has 0 aliphatic carbocycles. The molecule has 0 radical (unpaired) electrons. The van der Waals surface area contributed by atoms with Crippen LogP contribution in [-0.2, 0) is 14.6 Å². The van der Waals surface area contributed by atoms with E-state index in [0.29, 0.717) is 23.4 Å².